The summed E-state index contributed by atoms with van der Waals surface area (Å²) in [7, 11) is 1.71. The topological polar surface area (TPSA) is 21.3 Å². The molecule has 0 saturated carbocycles. The molecule has 0 amide bonds. The molecule has 0 fully saturated rings. The van der Waals surface area contributed by atoms with Gasteiger partial charge in [0.1, 0.15) is 0 Å². The van der Waals surface area contributed by atoms with Crippen LogP contribution in [-0.2, 0) is 4.74 Å². The van der Waals surface area contributed by atoms with Crippen LogP contribution in [0.1, 0.15) is 12.5 Å². The van der Waals surface area contributed by atoms with Crippen molar-refractivity contribution in [3.05, 3.63) is 28.2 Å². The second-order valence-electron chi connectivity index (χ2n) is 3.48. The lowest BCUT2D eigenvalue weighted by Gasteiger charge is -2.15. The van der Waals surface area contributed by atoms with Crippen LogP contribution in [0.25, 0.3) is 0 Å². The van der Waals surface area contributed by atoms with Crippen molar-refractivity contribution >= 4 is 21.6 Å². The minimum Gasteiger partial charge on any atom is -0.383 e. The van der Waals surface area contributed by atoms with E-state index in [9.17, 15) is 0 Å². The van der Waals surface area contributed by atoms with Crippen LogP contribution < -0.4 is 5.32 Å². The fourth-order valence-corrected chi connectivity index (χ4v) is 1.90. The highest BCUT2D eigenvalue weighted by atomic mass is 79.9. The maximum atomic E-state index is 5.06. The predicted molar refractivity (Wildman–Crippen MR) is 63.8 cm³/mol. The monoisotopic (exact) mass is 257 g/mol. The summed E-state index contributed by atoms with van der Waals surface area (Å²) >= 11 is 3.52. The highest BCUT2D eigenvalue weighted by molar-refractivity contribution is 9.10. The Morgan fingerprint density at radius 3 is 2.79 bits per heavy atom. The average Bonchev–Trinajstić information content (AvgIpc) is 2.10. The first kappa shape index (κ1) is 11.5. The summed E-state index contributed by atoms with van der Waals surface area (Å²) in [5, 5.41) is 3.37. The fraction of sp³-hybridized carbons (Fsp3) is 0.455. The summed E-state index contributed by atoms with van der Waals surface area (Å²) in [5.41, 5.74) is 2.36. The van der Waals surface area contributed by atoms with Crippen LogP contribution in [0.15, 0.2) is 22.7 Å². The third-order valence-corrected chi connectivity index (χ3v) is 2.60. The van der Waals surface area contributed by atoms with Gasteiger partial charge in [-0.15, -0.1) is 0 Å². The molecule has 1 atom stereocenters. The van der Waals surface area contributed by atoms with Gasteiger partial charge in [-0.1, -0.05) is 6.07 Å². The van der Waals surface area contributed by atoms with E-state index in [4.69, 9.17) is 4.74 Å². The molecule has 3 heteroatoms. The Labute approximate surface area is 93.8 Å². The molecule has 0 radical (unpaired) electrons. The van der Waals surface area contributed by atoms with E-state index in [2.05, 4.69) is 53.3 Å². The van der Waals surface area contributed by atoms with Gasteiger partial charge in [0.2, 0.25) is 0 Å². The SMILES string of the molecule is COC[C@@H](C)Nc1ccc(C)cc1Br. The maximum absolute atomic E-state index is 5.06. The van der Waals surface area contributed by atoms with E-state index < -0.39 is 0 Å². The van der Waals surface area contributed by atoms with E-state index in [1.54, 1.807) is 7.11 Å². The van der Waals surface area contributed by atoms with Crippen molar-refractivity contribution in [2.45, 2.75) is 19.9 Å². The number of benzene rings is 1. The number of hydrogen-bond donors (Lipinski definition) is 1. The van der Waals surface area contributed by atoms with Gasteiger partial charge in [0, 0.05) is 23.3 Å². The van der Waals surface area contributed by atoms with Crippen molar-refractivity contribution in [3.8, 4) is 0 Å². The van der Waals surface area contributed by atoms with Gasteiger partial charge in [0.15, 0.2) is 0 Å². The molecule has 14 heavy (non-hydrogen) atoms. The molecule has 1 N–H and O–H groups in total. The van der Waals surface area contributed by atoms with Crippen molar-refractivity contribution < 1.29 is 4.74 Å². The number of ether oxygens (including phenoxy) is 1. The Hall–Kier alpha value is -0.540. The van der Waals surface area contributed by atoms with Crippen LogP contribution in [0.2, 0.25) is 0 Å². The summed E-state index contributed by atoms with van der Waals surface area (Å²) in [6, 6.07) is 6.58. The molecule has 1 aromatic rings. The maximum Gasteiger partial charge on any atom is 0.0661 e. The third-order valence-electron chi connectivity index (χ3n) is 1.94. The van der Waals surface area contributed by atoms with Crippen molar-refractivity contribution in [2.24, 2.45) is 0 Å². The zero-order valence-corrected chi connectivity index (χ0v) is 10.4. The molecule has 0 aliphatic heterocycles. The van der Waals surface area contributed by atoms with Gasteiger partial charge in [0.05, 0.1) is 6.61 Å². The van der Waals surface area contributed by atoms with E-state index in [0.717, 1.165) is 10.2 Å². The van der Waals surface area contributed by atoms with Crippen LogP contribution in [0, 0.1) is 6.92 Å². The lowest BCUT2D eigenvalue weighted by atomic mass is 10.2. The molecule has 0 unspecified atom stereocenters. The first-order chi connectivity index (χ1) is 6.63. The predicted octanol–water partition coefficient (Wildman–Crippen LogP) is 3.20. The van der Waals surface area contributed by atoms with Crippen LogP contribution in [0.3, 0.4) is 0 Å². The van der Waals surface area contributed by atoms with E-state index in [1.807, 2.05) is 0 Å². The minimum absolute atomic E-state index is 0.319. The van der Waals surface area contributed by atoms with Gasteiger partial charge in [-0.2, -0.15) is 0 Å². The second kappa shape index (κ2) is 5.37. The molecule has 0 bridgehead atoms. The molecule has 0 spiro atoms. The number of halogens is 1. The molecule has 0 aliphatic carbocycles. The van der Waals surface area contributed by atoms with Gasteiger partial charge in [-0.25, -0.2) is 0 Å². The van der Waals surface area contributed by atoms with Gasteiger partial charge < -0.3 is 10.1 Å². The standard InChI is InChI=1S/C11H16BrNO/c1-8-4-5-11(10(12)6-8)13-9(2)7-14-3/h4-6,9,13H,7H2,1-3H3/t9-/m1/s1. The van der Waals surface area contributed by atoms with Gasteiger partial charge in [-0.05, 0) is 47.5 Å². The minimum atomic E-state index is 0.319. The first-order valence-corrected chi connectivity index (χ1v) is 5.44. The fourth-order valence-electron chi connectivity index (χ4n) is 1.29. The Morgan fingerprint density at radius 1 is 1.50 bits per heavy atom. The molecule has 0 saturated heterocycles. The van der Waals surface area contributed by atoms with Crippen LogP contribution in [0.5, 0.6) is 0 Å². The van der Waals surface area contributed by atoms with Crippen LogP contribution in [0.4, 0.5) is 5.69 Å². The summed E-state index contributed by atoms with van der Waals surface area (Å²) in [6.45, 7) is 4.88. The lowest BCUT2D eigenvalue weighted by Crippen LogP contribution is -2.20. The molecule has 78 valence electrons. The van der Waals surface area contributed by atoms with Crippen LogP contribution >= 0.6 is 15.9 Å². The van der Waals surface area contributed by atoms with Crippen molar-refractivity contribution in [2.75, 3.05) is 19.0 Å². The molecule has 1 rings (SSSR count). The number of aryl methyl sites for hydroxylation is 1. The summed E-state index contributed by atoms with van der Waals surface area (Å²) in [4.78, 5) is 0. The first-order valence-electron chi connectivity index (χ1n) is 4.65. The average molecular weight is 258 g/mol. The number of rotatable bonds is 4. The summed E-state index contributed by atoms with van der Waals surface area (Å²) in [6.07, 6.45) is 0. The zero-order chi connectivity index (χ0) is 10.6. The smallest absolute Gasteiger partial charge is 0.0661 e. The lowest BCUT2D eigenvalue weighted by molar-refractivity contribution is 0.190. The molecular formula is C11H16BrNO. The summed E-state index contributed by atoms with van der Waals surface area (Å²) in [5.74, 6) is 0. The summed E-state index contributed by atoms with van der Waals surface area (Å²) < 4.78 is 6.16. The zero-order valence-electron chi connectivity index (χ0n) is 8.80. The van der Waals surface area contributed by atoms with E-state index in [1.165, 1.54) is 5.56 Å². The third kappa shape index (κ3) is 3.31. The van der Waals surface area contributed by atoms with Gasteiger partial charge in [-0.3, -0.25) is 0 Å². The number of anilines is 1. The Kier molecular flexibility index (Phi) is 4.42. The van der Waals surface area contributed by atoms with E-state index in [-0.39, 0.29) is 0 Å². The molecule has 1 aromatic carbocycles. The molecular weight excluding hydrogens is 242 g/mol. The molecule has 2 nitrogen and oxygen atoms in total. The number of methoxy groups -OCH3 is 1. The Balaban J connectivity index is 2.67. The van der Waals surface area contributed by atoms with Crippen molar-refractivity contribution in [3.63, 3.8) is 0 Å². The van der Waals surface area contributed by atoms with E-state index in [0.29, 0.717) is 12.6 Å². The number of nitrogens with one attached hydrogen (secondary N) is 1. The quantitative estimate of drug-likeness (QED) is 0.895. The Morgan fingerprint density at radius 2 is 2.21 bits per heavy atom. The largest absolute Gasteiger partial charge is 0.383 e. The van der Waals surface area contributed by atoms with Crippen molar-refractivity contribution in [1.29, 1.82) is 0 Å². The highest BCUT2D eigenvalue weighted by Crippen LogP contribution is 2.23. The molecule has 0 aromatic heterocycles. The van der Waals surface area contributed by atoms with E-state index >= 15 is 0 Å². The number of hydrogen-bond acceptors (Lipinski definition) is 2. The highest BCUT2D eigenvalue weighted by Gasteiger charge is 2.04. The molecule has 0 heterocycles. The Bertz CT molecular complexity index is 301. The normalized spacial score (nSPS) is 12.6. The molecule has 0 aliphatic rings. The second-order valence-corrected chi connectivity index (χ2v) is 4.34. The van der Waals surface area contributed by atoms with Gasteiger partial charge >= 0.3 is 0 Å². The van der Waals surface area contributed by atoms with Crippen molar-refractivity contribution in [1.82, 2.24) is 0 Å². The van der Waals surface area contributed by atoms with Crippen LogP contribution in [-0.4, -0.2) is 19.8 Å². The van der Waals surface area contributed by atoms with Gasteiger partial charge in [0.25, 0.3) is 0 Å².